The Balaban J connectivity index is 2.54. The first-order valence-corrected chi connectivity index (χ1v) is 7.82. The van der Waals surface area contributed by atoms with Crippen molar-refractivity contribution in [2.75, 3.05) is 5.32 Å². The number of hydrogen-bond donors (Lipinski definition) is 1. The fraction of sp³-hybridized carbons (Fsp3) is 0.238. The quantitative estimate of drug-likeness (QED) is 0.677. The lowest BCUT2D eigenvalue weighted by Crippen LogP contribution is -2.05. The molecule has 0 aliphatic carbocycles. The van der Waals surface area contributed by atoms with Gasteiger partial charge in [0.05, 0.1) is 0 Å². The van der Waals surface area contributed by atoms with Crippen molar-refractivity contribution in [1.82, 2.24) is 0 Å². The van der Waals surface area contributed by atoms with Gasteiger partial charge >= 0.3 is 0 Å². The zero-order valence-electron chi connectivity index (χ0n) is 14.0. The molecule has 0 saturated carbocycles. The fourth-order valence-corrected chi connectivity index (χ4v) is 2.49. The molecule has 2 aromatic rings. The lowest BCUT2D eigenvalue weighted by atomic mass is 9.98. The second-order valence-electron chi connectivity index (χ2n) is 5.70. The molecular formula is C21H25N. The summed E-state index contributed by atoms with van der Waals surface area (Å²) in [7, 11) is 0. The van der Waals surface area contributed by atoms with Crippen molar-refractivity contribution in [3.05, 3.63) is 82.9 Å². The van der Waals surface area contributed by atoms with Gasteiger partial charge < -0.3 is 5.32 Å². The molecule has 22 heavy (non-hydrogen) atoms. The van der Waals surface area contributed by atoms with Crippen LogP contribution in [0.5, 0.6) is 0 Å². The van der Waals surface area contributed by atoms with E-state index in [1.54, 1.807) is 0 Å². The van der Waals surface area contributed by atoms with E-state index in [1.165, 1.54) is 22.3 Å². The summed E-state index contributed by atoms with van der Waals surface area (Å²) in [6, 6.07) is 15.0. The Labute approximate surface area is 134 Å². The van der Waals surface area contributed by atoms with Gasteiger partial charge in [-0.05, 0) is 61.6 Å². The lowest BCUT2D eigenvalue weighted by molar-refractivity contribution is 1.13. The summed E-state index contributed by atoms with van der Waals surface area (Å²) < 4.78 is 0. The van der Waals surface area contributed by atoms with Crippen LogP contribution in [0.3, 0.4) is 0 Å². The molecule has 0 amide bonds. The third kappa shape index (κ3) is 3.48. The van der Waals surface area contributed by atoms with Gasteiger partial charge in [0.1, 0.15) is 0 Å². The molecule has 0 saturated heterocycles. The van der Waals surface area contributed by atoms with Gasteiger partial charge in [0.25, 0.3) is 0 Å². The monoisotopic (exact) mass is 291 g/mol. The van der Waals surface area contributed by atoms with E-state index in [1.807, 2.05) is 6.08 Å². The average molecular weight is 291 g/mol. The third-order valence-electron chi connectivity index (χ3n) is 4.08. The van der Waals surface area contributed by atoms with Crippen LogP contribution >= 0.6 is 0 Å². The predicted octanol–water partition coefficient (Wildman–Crippen LogP) is 5.89. The molecular weight excluding hydrogens is 266 g/mol. The minimum Gasteiger partial charge on any atom is -0.355 e. The number of rotatable bonds is 5. The van der Waals surface area contributed by atoms with Crippen LogP contribution in [-0.2, 0) is 6.42 Å². The highest BCUT2D eigenvalue weighted by atomic mass is 14.9. The zero-order chi connectivity index (χ0) is 16.1. The molecule has 0 bridgehead atoms. The van der Waals surface area contributed by atoms with E-state index in [9.17, 15) is 0 Å². The minimum absolute atomic E-state index is 1.04. The van der Waals surface area contributed by atoms with Gasteiger partial charge in [0, 0.05) is 16.9 Å². The molecule has 0 atom stereocenters. The van der Waals surface area contributed by atoms with E-state index in [2.05, 4.69) is 82.1 Å². The molecule has 0 unspecified atom stereocenters. The van der Waals surface area contributed by atoms with Gasteiger partial charge in [-0.15, -0.1) is 0 Å². The van der Waals surface area contributed by atoms with Crippen LogP contribution in [-0.4, -0.2) is 0 Å². The molecule has 0 aromatic heterocycles. The average Bonchev–Trinajstić information content (AvgIpc) is 2.54. The molecule has 0 aliphatic heterocycles. The topological polar surface area (TPSA) is 12.0 Å². The summed E-state index contributed by atoms with van der Waals surface area (Å²) >= 11 is 0. The normalized spacial score (nSPS) is 11.8. The van der Waals surface area contributed by atoms with Crippen molar-refractivity contribution < 1.29 is 0 Å². The number of anilines is 1. The first-order chi connectivity index (χ1) is 10.6. The summed E-state index contributed by atoms with van der Waals surface area (Å²) in [4.78, 5) is 0. The molecule has 0 spiro atoms. The Morgan fingerprint density at radius 3 is 2.45 bits per heavy atom. The van der Waals surface area contributed by atoms with Gasteiger partial charge in [-0.2, -0.15) is 0 Å². The maximum absolute atomic E-state index is 3.95. The van der Waals surface area contributed by atoms with E-state index in [4.69, 9.17) is 0 Å². The maximum atomic E-state index is 3.95. The van der Waals surface area contributed by atoms with Crippen LogP contribution in [0, 0.1) is 13.8 Å². The predicted molar refractivity (Wildman–Crippen MR) is 98.1 cm³/mol. The molecule has 0 fully saturated rings. The Morgan fingerprint density at radius 2 is 1.82 bits per heavy atom. The number of nitrogens with one attached hydrogen (secondary N) is 1. The van der Waals surface area contributed by atoms with Crippen LogP contribution in [0.25, 0.3) is 5.70 Å². The molecule has 2 rings (SSSR count). The van der Waals surface area contributed by atoms with Gasteiger partial charge in [-0.1, -0.05) is 49.9 Å². The van der Waals surface area contributed by atoms with Crippen molar-refractivity contribution in [2.24, 2.45) is 0 Å². The van der Waals surface area contributed by atoms with Crippen LogP contribution in [0.1, 0.15) is 36.1 Å². The lowest BCUT2D eigenvalue weighted by Gasteiger charge is -2.18. The van der Waals surface area contributed by atoms with E-state index < -0.39 is 0 Å². The van der Waals surface area contributed by atoms with Crippen LogP contribution < -0.4 is 5.32 Å². The minimum atomic E-state index is 1.04. The van der Waals surface area contributed by atoms with E-state index in [0.717, 1.165) is 23.4 Å². The summed E-state index contributed by atoms with van der Waals surface area (Å²) in [6.07, 6.45) is 2.96. The summed E-state index contributed by atoms with van der Waals surface area (Å²) in [5.41, 5.74) is 8.54. The van der Waals surface area contributed by atoms with Crippen molar-refractivity contribution >= 4 is 11.4 Å². The maximum Gasteiger partial charge on any atom is 0.0490 e. The smallest absolute Gasteiger partial charge is 0.0490 e. The molecule has 1 heteroatoms. The zero-order valence-corrected chi connectivity index (χ0v) is 14.0. The Bertz CT molecular complexity index is 708. The molecule has 114 valence electrons. The molecule has 1 nitrogen and oxygen atoms in total. The second kappa shape index (κ2) is 7.13. The van der Waals surface area contributed by atoms with E-state index >= 15 is 0 Å². The number of para-hydroxylation sites is 1. The number of allylic oxidation sites excluding steroid dienone is 2. The molecule has 0 heterocycles. The second-order valence-corrected chi connectivity index (χ2v) is 5.70. The van der Waals surface area contributed by atoms with E-state index in [0.29, 0.717) is 0 Å². The highest BCUT2D eigenvalue weighted by Crippen LogP contribution is 2.27. The number of aryl methyl sites for hydroxylation is 3. The summed E-state index contributed by atoms with van der Waals surface area (Å²) in [5, 5.41) is 3.61. The van der Waals surface area contributed by atoms with Gasteiger partial charge in [0.15, 0.2) is 0 Å². The van der Waals surface area contributed by atoms with Crippen LogP contribution in [0.15, 0.2) is 60.7 Å². The standard InChI is InChI=1S/C21H25N/c1-6-15(3)21(22-20-11-9-8-10-17(20)5)19-14-18(7-2)13-12-16(19)4/h6,8-14,22H,1,7H2,2-5H3/b21-15+. The summed E-state index contributed by atoms with van der Waals surface area (Å²) in [5.74, 6) is 0. The molecule has 2 aromatic carbocycles. The highest BCUT2D eigenvalue weighted by Gasteiger charge is 2.10. The first-order valence-electron chi connectivity index (χ1n) is 7.82. The third-order valence-corrected chi connectivity index (χ3v) is 4.08. The van der Waals surface area contributed by atoms with Gasteiger partial charge in [-0.3, -0.25) is 0 Å². The molecule has 1 N–H and O–H groups in total. The molecule has 0 aliphatic rings. The SMILES string of the molecule is C=C/C(C)=C(/Nc1ccccc1C)c1cc(CC)ccc1C. The number of hydrogen-bond acceptors (Lipinski definition) is 1. The van der Waals surface area contributed by atoms with Crippen LogP contribution in [0.4, 0.5) is 5.69 Å². The summed E-state index contributed by atoms with van der Waals surface area (Å²) in [6.45, 7) is 12.5. The van der Waals surface area contributed by atoms with Crippen molar-refractivity contribution in [1.29, 1.82) is 0 Å². The Kier molecular flexibility index (Phi) is 5.21. The Morgan fingerprint density at radius 1 is 1.09 bits per heavy atom. The van der Waals surface area contributed by atoms with Crippen molar-refractivity contribution in [3.63, 3.8) is 0 Å². The first kappa shape index (κ1) is 16.1. The molecule has 0 radical (unpaired) electrons. The van der Waals surface area contributed by atoms with Gasteiger partial charge in [0.2, 0.25) is 0 Å². The fourth-order valence-electron chi connectivity index (χ4n) is 2.49. The van der Waals surface area contributed by atoms with Crippen LogP contribution in [0.2, 0.25) is 0 Å². The van der Waals surface area contributed by atoms with Crippen molar-refractivity contribution in [3.8, 4) is 0 Å². The van der Waals surface area contributed by atoms with Gasteiger partial charge in [-0.25, -0.2) is 0 Å². The largest absolute Gasteiger partial charge is 0.355 e. The highest BCUT2D eigenvalue weighted by molar-refractivity contribution is 5.82. The van der Waals surface area contributed by atoms with Crippen molar-refractivity contribution in [2.45, 2.75) is 34.1 Å². The Hall–Kier alpha value is -2.28. The number of benzene rings is 2. The van der Waals surface area contributed by atoms with E-state index in [-0.39, 0.29) is 0 Å².